The first-order valence-corrected chi connectivity index (χ1v) is 10.2. The van der Waals surface area contributed by atoms with Crippen molar-refractivity contribution >= 4 is 11.1 Å². The Kier molecular flexibility index (Phi) is 10.2. The molecule has 1 atom stereocenters. The maximum Gasteiger partial charge on any atom is 0.0948 e. The highest BCUT2D eigenvalue weighted by atomic mass is 15.0. The Labute approximate surface area is 162 Å². The highest BCUT2D eigenvalue weighted by Crippen LogP contribution is 2.51. The van der Waals surface area contributed by atoms with Gasteiger partial charge in [0.2, 0.25) is 0 Å². The van der Waals surface area contributed by atoms with E-state index in [9.17, 15) is 0 Å². The van der Waals surface area contributed by atoms with Gasteiger partial charge in [-0.05, 0) is 40.5 Å². The second-order valence-corrected chi connectivity index (χ2v) is 6.42. The van der Waals surface area contributed by atoms with Gasteiger partial charge in [-0.1, -0.05) is 86.6 Å². The molecule has 146 valence electrons. The molecule has 1 aromatic carbocycles. The summed E-state index contributed by atoms with van der Waals surface area (Å²) in [6, 6.07) is 8.82. The molecule has 2 nitrogen and oxygen atoms in total. The van der Waals surface area contributed by atoms with E-state index in [0.29, 0.717) is 5.92 Å². The normalized spacial score (nSPS) is 18.2. The summed E-state index contributed by atoms with van der Waals surface area (Å²) in [7, 11) is 2.06. The predicted molar refractivity (Wildman–Crippen MR) is 118 cm³/mol. The van der Waals surface area contributed by atoms with E-state index in [4.69, 9.17) is 0 Å². The molecular weight excluding hydrogens is 316 g/mol. The average Bonchev–Trinajstić information content (AvgIpc) is 3.20. The van der Waals surface area contributed by atoms with Gasteiger partial charge in [0, 0.05) is 7.05 Å². The highest BCUT2D eigenvalue weighted by Gasteiger charge is 2.40. The minimum Gasteiger partial charge on any atom is -0.334 e. The van der Waals surface area contributed by atoms with Crippen molar-refractivity contribution in [2.75, 3.05) is 0 Å². The van der Waals surface area contributed by atoms with Crippen molar-refractivity contribution in [3.05, 3.63) is 53.6 Å². The van der Waals surface area contributed by atoms with Crippen molar-refractivity contribution in [1.82, 2.24) is 9.55 Å². The standard InChI is InChI=1S/C18H22N2.3C2H6/c1-12(16-10-19-11-20(16)5)17-13(2)18(3,4)15-9-7-6-8-14(15)17;3*1-2/h6-11,13H,1-5H3;3*1-2H3/b17-12+;;;. The Morgan fingerprint density at radius 3 is 2.04 bits per heavy atom. The van der Waals surface area contributed by atoms with Crippen molar-refractivity contribution in [1.29, 1.82) is 0 Å². The molecule has 0 N–H and O–H groups in total. The van der Waals surface area contributed by atoms with Crippen LogP contribution >= 0.6 is 0 Å². The van der Waals surface area contributed by atoms with Crippen molar-refractivity contribution < 1.29 is 0 Å². The Hall–Kier alpha value is -1.83. The third-order valence-electron chi connectivity index (χ3n) is 5.03. The fourth-order valence-corrected chi connectivity index (χ4v) is 3.49. The van der Waals surface area contributed by atoms with Crippen molar-refractivity contribution in [2.45, 2.75) is 74.7 Å². The van der Waals surface area contributed by atoms with Gasteiger partial charge < -0.3 is 4.57 Å². The fourth-order valence-electron chi connectivity index (χ4n) is 3.49. The van der Waals surface area contributed by atoms with Crippen LogP contribution in [0.4, 0.5) is 0 Å². The van der Waals surface area contributed by atoms with Crippen LogP contribution in [-0.4, -0.2) is 9.55 Å². The Morgan fingerprint density at radius 2 is 1.54 bits per heavy atom. The summed E-state index contributed by atoms with van der Waals surface area (Å²) in [5.74, 6) is 0.509. The minimum atomic E-state index is 0.186. The van der Waals surface area contributed by atoms with Gasteiger partial charge in [-0.2, -0.15) is 0 Å². The van der Waals surface area contributed by atoms with Crippen molar-refractivity contribution in [3.8, 4) is 0 Å². The molecule has 0 spiro atoms. The van der Waals surface area contributed by atoms with Crippen molar-refractivity contribution in [3.63, 3.8) is 0 Å². The molecule has 0 amide bonds. The Balaban J connectivity index is 0.000000948. The van der Waals surface area contributed by atoms with Gasteiger partial charge in [0.05, 0.1) is 18.2 Å². The second kappa shape index (κ2) is 11.0. The zero-order chi connectivity index (χ0) is 20.5. The van der Waals surface area contributed by atoms with Crippen LogP contribution in [0, 0.1) is 5.92 Å². The Morgan fingerprint density at radius 1 is 1.00 bits per heavy atom. The summed E-state index contributed by atoms with van der Waals surface area (Å²) in [4.78, 5) is 4.26. The zero-order valence-corrected chi connectivity index (χ0v) is 18.9. The largest absolute Gasteiger partial charge is 0.334 e. The van der Waals surface area contributed by atoms with Crippen molar-refractivity contribution in [2.24, 2.45) is 13.0 Å². The van der Waals surface area contributed by atoms with E-state index in [2.05, 4.69) is 68.6 Å². The van der Waals surface area contributed by atoms with Gasteiger partial charge in [-0.25, -0.2) is 4.98 Å². The molecule has 26 heavy (non-hydrogen) atoms. The minimum absolute atomic E-state index is 0.186. The Bertz CT molecular complexity index is 690. The predicted octanol–water partition coefficient (Wildman–Crippen LogP) is 7.36. The molecule has 0 bridgehead atoms. The van der Waals surface area contributed by atoms with E-state index in [1.807, 2.05) is 54.1 Å². The lowest BCUT2D eigenvalue weighted by Gasteiger charge is -2.26. The SMILES string of the molecule is C/C(=C1\c2ccccc2C(C)(C)C1C)c1cncn1C.CC.CC.CC. The monoisotopic (exact) mass is 356 g/mol. The molecule has 0 fully saturated rings. The first kappa shape index (κ1) is 24.2. The lowest BCUT2D eigenvalue weighted by Crippen LogP contribution is -2.21. The van der Waals surface area contributed by atoms with Gasteiger partial charge >= 0.3 is 0 Å². The summed E-state index contributed by atoms with van der Waals surface area (Å²) in [6.07, 6.45) is 3.83. The van der Waals surface area contributed by atoms with E-state index in [0.717, 1.165) is 0 Å². The molecule has 2 aromatic rings. The van der Waals surface area contributed by atoms with Crippen LogP contribution in [0.15, 0.2) is 36.8 Å². The topological polar surface area (TPSA) is 17.8 Å². The third kappa shape index (κ3) is 4.47. The number of aromatic nitrogens is 2. The molecule has 0 saturated carbocycles. The number of hydrogen-bond donors (Lipinski definition) is 0. The van der Waals surface area contributed by atoms with Gasteiger partial charge in [0.15, 0.2) is 0 Å². The molecule has 1 aliphatic rings. The van der Waals surface area contributed by atoms with Crippen LogP contribution in [-0.2, 0) is 12.5 Å². The number of rotatable bonds is 1. The van der Waals surface area contributed by atoms with Crippen LogP contribution < -0.4 is 0 Å². The molecule has 0 aliphatic heterocycles. The molecular formula is C24H40N2. The maximum absolute atomic E-state index is 4.26. The van der Waals surface area contributed by atoms with Gasteiger partial charge in [0.25, 0.3) is 0 Å². The summed E-state index contributed by atoms with van der Waals surface area (Å²) >= 11 is 0. The molecule has 1 unspecified atom stereocenters. The maximum atomic E-state index is 4.26. The molecule has 2 heteroatoms. The smallest absolute Gasteiger partial charge is 0.0948 e. The fraction of sp³-hybridized carbons (Fsp3) is 0.542. The van der Waals surface area contributed by atoms with E-state index >= 15 is 0 Å². The van der Waals surface area contributed by atoms with E-state index in [1.54, 1.807) is 0 Å². The quantitative estimate of drug-likeness (QED) is 0.522. The van der Waals surface area contributed by atoms with Crippen LogP contribution in [0.5, 0.6) is 0 Å². The number of fused-ring (bicyclic) bond motifs is 1. The van der Waals surface area contributed by atoms with Gasteiger partial charge in [0.1, 0.15) is 0 Å². The highest BCUT2D eigenvalue weighted by molar-refractivity contribution is 5.94. The molecule has 1 aromatic heterocycles. The van der Waals surface area contributed by atoms with E-state index in [-0.39, 0.29) is 5.41 Å². The first-order chi connectivity index (χ1) is 12.4. The average molecular weight is 357 g/mol. The van der Waals surface area contributed by atoms with Crippen LogP contribution in [0.25, 0.3) is 11.1 Å². The summed E-state index contributed by atoms with van der Waals surface area (Å²) in [5.41, 5.74) is 7.07. The third-order valence-corrected chi connectivity index (χ3v) is 5.03. The summed E-state index contributed by atoms with van der Waals surface area (Å²) in [5, 5.41) is 0. The lowest BCUT2D eigenvalue weighted by atomic mass is 9.78. The van der Waals surface area contributed by atoms with Crippen LogP contribution in [0.1, 0.15) is 86.1 Å². The van der Waals surface area contributed by atoms with Crippen LogP contribution in [0.2, 0.25) is 0 Å². The number of hydrogen-bond acceptors (Lipinski definition) is 1. The van der Waals surface area contributed by atoms with Gasteiger partial charge in [-0.15, -0.1) is 0 Å². The van der Waals surface area contributed by atoms with Crippen LogP contribution in [0.3, 0.4) is 0 Å². The molecule has 0 saturated heterocycles. The summed E-state index contributed by atoms with van der Waals surface area (Å²) < 4.78 is 2.10. The van der Waals surface area contributed by atoms with E-state index in [1.165, 1.54) is 28.0 Å². The van der Waals surface area contributed by atoms with Gasteiger partial charge in [-0.3, -0.25) is 0 Å². The zero-order valence-electron chi connectivity index (χ0n) is 18.9. The molecule has 1 aliphatic carbocycles. The first-order valence-electron chi connectivity index (χ1n) is 10.2. The number of nitrogens with zero attached hydrogens (tertiary/aromatic N) is 2. The molecule has 0 radical (unpaired) electrons. The second-order valence-electron chi connectivity index (χ2n) is 6.42. The lowest BCUT2D eigenvalue weighted by molar-refractivity contribution is 0.442. The number of imidazole rings is 1. The summed E-state index contributed by atoms with van der Waals surface area (Å²) in [6.45, 7) is 21.3. The molecule has 3 rings (SSSR count). The number of benzene rings is 1. The molecule has 1 heterocycles. The number of allylic oxidation sites excluding steroid dienone is 2. The number of aryl methyl sites for hydroxylation is 1. The van der Waals surface area contributed by atoms with E-state index < -0.39 is 0 Å².